The van der Waals surface area contributed by atoms with Gasteiger partial charge < -0.3 is 5.73 Å². The van der Waals surface area contributed by atoms with Gasteiger partial charge in [0.25, 0.3) is 0 Å². The van der Waals surface area contributed by atoms with Gasteiger partial charge in [-0.15, -0.1) is 6.58 Å². The van der Waals surface area contributed by atoms with Crippen LogP contribution in [0.2, 0.25) is 0 Å². The largest absolute Gasteiger partial charge is 0.419 e. The van der Waals surface area contributed by atoms with Crippen LogP contribution in [0.5, 0.6) is 0 Å². The summed E-state index contributed by atoms with van der Waals surface area (Å²) in [6.45, 7) is 3.48. The Hall–Kier alpha value is -1.36. The monoisotopic (exact) mass is 247 g/mol. The molecule has 0 spiro atoms. The Balaban J connectivity index is 3.06. The summed E-state index contributed by atoms with van der Waals surface area (Å²) in [7, 11) is 0. The van der Waals surface area contributed by atoms with Crippen molar-refractivity contribution in [1.29, 1.82) is 0 Å². The first-order chi connectivity index (χ1) is 7.88. The Kier molecular flexibility index (Phi) is 4.28. The van der Waals surface area contributed by atoms with Crippen LogP contribution in [0.3, 0.4) is 0 Å². The summed E-state index contributed by atoms with van der Waals surface area (Å²) < 4.78 is 51.0. The highest BCUT2D eigenvalue weighted by atomic mass is 19.4. The molecule has 1 atom stereocenters. The quantitative estimate of drug-likeness (QED) is 0.635. The van der Waals surface area contributed by atoms with Gasteiger partial charge >= 0.3 is 6.18 Å². The summed E-state index contributed by atoms with van der Waals surface area (Å²) in [5.41, 5.74) is 4.26. The first-order valence-electron chi connectivity index (χ1n) is 5.10. The molecule has 1 aromatic rings. The number of hydrogen-bond donors (Lipinski definition) is 1. The van der Waals surface area contributed by atoms with Crippen LogP contribution in [0, 0.1) is 5.82 Å². The van der Waals surface area contributed by atoms with E-state index in [0.29, 0.717) is 18.9 Å². The first-order valence-corrected chi connectivity index (χ1v) is 5.10. The molecule has 1 aromatic carbocycles. The summed E-state index contributed by atoms with van der Waals surface area (Å²) in [6.07, 6.45) is -2.22. The van der Waals surface area contributed by atoms with Gasteiger partial charge in [-0.2, -0.15) is 13.2 Å². The van der Waals surface area contributed by atoms with Crippen molar-refractivity contribution >= 4 is 0 Å². The molecule has 0 bridgehead atoms. The van der Waals surface area contributed by atoms with Crippen LogP contribution in [-0.2, 0) is 6.18 Å². The summed E-state index contributed by atoms with van der Waals surface area (Å²) in [5.74, 6) is -1.28. The van der Waals surface area contributed by atoms with Gasteiger partial charge in [0.2, 0.25) is 0 Å². The highest BCUT2D eigenvalue weighted by molar-refractivity contribution is 5.30. The highest BCUT2D eigenvalue weighted by Gasteiger charge is 2.35. The summed E-state index contributed by atoms with van der Waals surface area (Å²) in [5, 5.41) is 0. The maximum absolute atomic E-state index is 13.6. The lowest BCUT2D eigenvalue weighted by Gasteiger charge is -2.15. The van der Waals surface area contributed by atoms with Crippen molar-refractivity contribution in [2.24, 2.45) is 5.73 Å². The van der Waals surface area contributed by atoms with Crippen LogP contribution in [0.4, 0.5) is 17.6 Å². The van der Waals surface area contributed by atoms with Crippen molar-refractivity contribution in [3.05, 3.63) is 47.8 Å². The molecule has 0 aliphatic rings. The fraction of sp³-hybridized carbons (Fsp3) is 0.333. The Bertz CT molecular complexity index is 398. The molecule has 0 aliphatic carbocycles. The van der Waals surface area contributed by atoms with Gasteiger partial charge in [-0.05, 0) is 18.9 Å². The minimum absolute atomic E-state index is 0.110. The summed E-state index contributed by atoms with van der Waals surface area (Å²) in [6, 6.07) is 2.39. The normalized spacial score (nSPS) is 13.5. The molecule has 0 saturated heterocycles. The third kappa shape index (κ3) is 3.30. The third-order valence-electron chi connectivity index (χ3n) is 2.42. The average molecular weight is 247 g/mol. The van der Waals surface area contributed by atoms with Gasteiger partial charge in [-0.25, -0.2) is 4.39 Å². The van der Waals surface area contributed by atoms with E-state index >= 15 is 0 Å². The van der Waals surface area contributed by atoms with E-state index in [2.05, 4.69) is 6.58 Å². The number of alkyl halides is 3. The Morgan fingerprint density at radius 1 is 1.35 bits per heavy atom. The summed E-state index contributed by atoms with van der Waals surface area (Å²) >= 11 is 0. The predicted molar refractivity (Wildman–Crippen MR) is 57.8 cm³/mol. The maximum atomic E-state index is 13.6. The number of hydrogen-bond acceptors (Lipinski definition) is 1. The lowest BCUT2D eigenvalue weighted by atomic mass is 9.99. The van der Waals surface area contributed by atoms with Crippen molar-refractivity contribution in [3.63, 3.8) is 0 Å². The molecule has 0 aliphatic heterocycles. The average Bonchev–Trinajstić information content (AvgIpc) is 2.24. The van der Waals surface area contributed by atoms with E-state index in [1.54, 1.807) is 6.08 Å². The fourth-order valence-corrected chi connectivity index (χ4v) is 1.51. The molecule has 0 heterocycles. The zero-order valence-electron chi connectivity index (χ0n) is 9.10. The Morgan fingerprint density at radius 2 is 2.00 bits per heavy atom. The second-order valence-corrected chi connectivity index (χ2v) is 3.68. The van der Waals surface area contributed by atoms with Gasteiger partial charge in [-0.3, -0.25) is 0 Å². The molecule has 5 heteroatoms. The van der Waals surface area contributed by atoms with Crippen LogP contribution in [0.15, 0.2) is 30.9 Å². The predicted octanol–water partition coefficient (Wildman–Crippen LogP) is 3.81. The molecule has 1 nitrogen and oxygen atoms in total. The van der Waals surface area contributed by atoms with Crippen molar-refractivity contribution in [2.75, 3.05) is 0 Å². The van der Waals surface area contributed by atoms with E-state index in [-0.39, 0.29) is 5.56 Å². The number of allylic oxidation sites excluding steroid dienone is 1. The fourth-order valence-electron chi connectivity index (χ4n) is 1.51. The van der Waals surface area contributed by atoms with Crippen molar-refractivity contribution < 1.29 is 17.6 Å². The molecular formula is C12H13F4N. The van der Waals surface area contributed by atoms with Crippen molar-refractivity contribution in [1.82, 2.24) is 0 Å². The number of nitrogens with two attached hydrogens (primary N) is 1. The molecule has 17 heavy (non-hydrogen) atoms. The zero-order valence-corrected chi connectivity index (χ0v) is 9.10. The van der Waals surface area contributed by atoms with Crippen molar-refractivity contribution in [3.8, 4) is 0 Å². The van der Waals surface area contributed by atoms with Gasteiger partial charge in [-0.1, -0.05) is 18.2 Å². The highest BCUT2D eigenvalue weighted by Crippen LogP contribution is 2.34. The maximum Gasteiger partial charge on any atom is 0.419 e. The number of halogens is 4. The van der Waals surface area contributed by atoms with E-state index < -0.39 is 23.6 Å². The zero-order chi connectivity index (χ0) is 13.1. The molecular weight excluding hydrogens is 234 g/mol. The topological polar surface area (TPSA) is 26.0 Å². The first kappa shape index (κ1) is 13.7. The van der Waals surface area contributed by atoms with Crippen LogP contribution < -0.4 is 5.73 Å². The number of rotatable bonds is 4. The van der Waals surface area contributed by atoms with Crippen LogP contribution in [0.25, 0.3) is 0 Å². The van der Waals surface area contributed by atoms with E-state index in [0.717, 1.165) is 6.07 Å². The minimum atomic E-state index is -4.70. The molecule has 0 radical (unpaired) electrons. The molecule has 94 valence electrons. The third-order valence-corrected chi connectivity index (χ3v) is 2.42. The lowest BCUT2D eigenvalue weighted by Crippen LogP contribution is -2.16. The standard InChI is InChI=1S/C12H13F4N/c1-2-3-7-10(17)8-5-4-6-9(11(8)13)12(14,15)16/h2,4-6,10H,1,3,7,17H2. The van der Waals surface area contributed by atoms with Gasteiger partial charge in [0.05, 0.1) is 5.56 Å². The van der Waals surface area contributed by atoms with Crippen LogP contribution in [-0.4, -0.2) is 0 Å². The lowest BCUT2D eigenvalue weighted by molar-refractivity contribution is -0.140. The molecule has 2 N–H and O–H groups in total. The summed E-state index contributed by atoms with van der Waals surface area (Å²) in [4.78, 5) is 0. The SMILES string of the molecule is C=CCCC(N)c1cccc(C(F)(F)F)c1F. The van der Waals surface area contributed by atoms with Gasteiger partial charge in [0, 0.05) is 11.6 Å². The smallest absolute Gasteiger partial charge is 0.324 e. The van der Waals surface area contributed by atoms with E-state index in [1.165, 1.54) is 6.07 Å². The molecule has 0 aromatic heterocycles. The van der Waals surface area contributed by atoms with E-state index in [9.17, 15) is 17.6 Å². The molecule has 0 fully saturated rings. The molecule has 1 unspecified atom stereocenters. The van der Waals surface area contributed by atoms with Crippen LogP contribution >= 0.6 is 0 Å². The molecule has 0 saturated carbocycles. The van der Waals surface area contributed by atoms with E-state index in [4.69, 9.17) is 5.73 Å². The Morgan fingerprint density at radius 3 is 2.53 bits per heavy atom. The van der Waals surface area contributed by atoms with Gasteiger partial charge in [0.15, 0.2) is 0 Å². The molecule has 1 rings (SSSR count). The van der Waals surface area contributed by atoms with E-state index in [1.807, 2.05) is 0 Å². The second kappa shape index (κ2) is 5.31. The Labute approximate surface area is 96.9 Å². The second-order valence-electron chi connectivity index (χ2n) is 3.68. The van der Waals surface area contributed by atoms with Crippen LogP contribution in [0.1, 0.15) is 30.0 Å². The minimum Gasteiger partial charge on any atom is -0.324 e. The van der Waals surface area contributed by atoms with Crippen molar-refractivity contribution in [2.45, 2.75) is 25.1 Å². The van der Waals surface area contributed by atoms with Gasteiger partial charge in [0.1, 0.15) is 5.82 Å². The molecule has 0 amide bonds. The number of benzene rings is 1.